The molecule has 1 amide bonds. The molecular formula is C24H21N3O3S. The monoisotopic (exact) mass is 431 g/mol. The van der Waals surface area contributed by atoms with E-state index in [-0.39, 0.29) is 17.0 Å². The van der Waals surface area contributed by atoms with Crippen LogP contribution in [-0.4, -0.2) is 25.9 Å². The van der Waals surface area contributed by atoms with Gasteiger partial charge in [0, 0.05) is 17.5 Å². The molecule has 0 bridgehead atoms. The Balaban J connectivity index is 1.61. The van der Waals surface area contributed by atoms with Crippen LogP contribution in [-0.2, 0) is 10.0 Å². The number of pyridine rings is 1. The molecule has 0 saturated carbocycles. The topological polar surface area (TPSA) is 79.4 Å². The Hall–Kier alpha value is -3.71. The van der Waals surface area contributed by atoms with Crippen molar-refractivity contribution in [3.8, 4) is 0 Å². The molecule has 0 unspecified atom stereocenters. The summed E-state index contributed by atoms with van der Waals surface area (Å²) < 4.78 is 27.8. The lowest BCUT2D eigenvalue weighted by Gasteiger charge is -2.23. The van der Waals surface area contributed by atoms with Crippen LogP contribution in [0.2, 0.25) is 0 Å². The Kier molecular flexibility index (Phi) is 5.68. The number of hydrogen-bond donors (Lipinski definition) is 1. The summed E-state index contributed by atoms with van der Waals surface area (Å²) in [7, 11) is -3.82. The van der Waals surface area contributed by atoms with E-state index in [1.54, 1.807) is 49.4 Å². The van der Waals surface area contributed by atoms with Gasteiger partial charge in [-0.1, -0.05) is 42.5 Å². The average molecular weight is 432 g/mol. The second-order valence-electron chi connectivity index (χ2n) is 6.88. The summed E-state index contributed by atoms with van der Waals surface area (Å²) in [5.41, 5.74) is 1.57. The second-order valence-corrected chi connectivity index (χ2v) is 8.74. The molecule has 3 aromatic carbocycles. The fraction of sp³-hybridized carbons (Fsp3) is 0.0833. The van der Waals surface area contributed by atoms with Gasteiger partial charge in [-0.3, -0.25) is 9.10 Å². The average Bonchev–Trinajstić information content (AvgIpc) is 2.80. The minimum atomic E-state index is -3.82. The molecule has 4 aromatic rings. The minimum absolute atomic E-state index is 0.0531. The summed E-state index contributed by atoms with van der Waals surface area (Å²) in [5.74, 6) is -0.0287. The van der Waals surface area contributed by atoms with Gasteiger partial charge < -0.3 is 5.32 Å². The van der Waals surface area contributed by atoms with E-state index in [4.69, 9.17) is 0 Å². The van der Waals surface area contributed by atoms with Crippen LogP contribution in [0.4, 0.5) is 11.5 Å². The second kappa shape index (κ2) is 8.57. The molecule has 0 atom stereocenters. The van der Waals surface area contributed by atoms with Crippen molar-refractivity contribution < 1.29 is 13.2 Å². The predicted molar refractivity (Wildman–Crippen MR) is 123 cm³/mol. The van der Waals surface area contributed by atoms with Crippen molar-refractivity contribution in [1.82, 2.24) is 4.98 Å². The van der Waals surface area contributed by atoms with Gasteiger partial charge in [-0.15, -0.1) is 0 Å². The van der Waals surface area contributed by atoms with Gasteiger partial charge in [-0.25, -0.2) is 13.4 Å². The van der Waals surface area contributed by atoms with Crippen molar-refractivity contribution in [2.24, 2.45) is 0 Å². The number of carbonyl (C=O) groups is 1. The predicted octanol–water partition coefficient (Wildman–Crippen LogP) is 4.70. The largest absolute Gasteiger partial charge is 0.307 e. The fourth-order valence-corrected chi connectivity index (χ4v) is 4.85. The molecule has 31 heavy (non-hydrogen) atoms. The van der Waals surface area contributed by atoms with E-state index in [2.05, 4.69) is 10.3 Å². The first-order chi connectivity index (χ1) is 15.0. The molecule has 1 N–H and O–H groups in total. The van der Waals surface area contributed by atoms with Crippen molar-refractivity contribution >= 4 is 38.3 Å². The maximum absolute atomic E-state index is 13.2. The van der Waals surface area contributed by atoms with Gasteiger partial charge in [-0.2, -0.15) is 0 Å². The highest BCUT2D eigenvalue weighted by Crippen LogP contribution is 2.24. The number of nitrogens with zero attached hydrogens (tertiary/aromatic N) is 2. The number of nitrogens with one attached hydrogen (secondary N) is 1. The van der Waals surface area contributed by atoms with Crippen LogP contribution >= 0.6 is 0 Å². The molecule has 4 rings (SSSR count). The van der Waals surface area contributed by atoms with Crippen LogP contribution in [0.15, 0.2) is 95.9 Å². The lowest BCUT2D eigenvalue weighted by Crippen LogP contribution is -2.31. The molecule has 1 heterocycles. The molecule has 156 valence electrons. The number of para-hydroxylation sites is 2. The standard InChI is InChI=1S/C24H21N3O3S/c1-2-27(20-11-4-3-5-12-20)31(29,30)21-13-8-10-19(17-21)24(28)26-23-16-15-18-9-6-7-14-22(18)25-23/h3-17H,2H2,1H3,(H,25,26,28). The molecule has 0 aliphatic rings. The van der Waals surface area contributed by atoms with E-state index < -0.39 is 15.9 Å². The number of anilines is 2. The summed E-state index contributed by atoms with van der Waals surface area (Å²) in [4.78, 5) is 17.3. The smallest absolute Gasteiger partial charge is 0.264 e. The first-order valence-electron chi connectivity index (χ1n) is 9.84. The minimum Gasteiger partial charge on any atom is -0.307 e. The van der Waals surface area contributed by atoms with E-state index >= 15 is 0 Å². The summed E-state index contributed by atoms with van der Waals surface area (Å²) >= 11 is 0. The number of sulfonamides is 1. The molecule has 1 aromatic heterocycles. The number of aromatic nitrogens is 1. The number of hydrogen-bond acceptors (Lipinski definition) is 4. The van der Waals surface area contributed by atoms with Crippen LogP contribution in [0, 0.1) is 0 Å². The zero-order valence-electron chi connectivity index (χ0n) is 16.9. The summed E-state index contributed by atoms with van der Waals surface area (Å²) in [6, 6.07) is 26.1. The molecular weight excluding hydrogens is 410 g/mol. The molecule has 0 radical (unpaired) electrons. The Bertz CT molecular complexity index is 1340. The van der Waals surface area contributed by atoms with Crippen LogP contribution in [0.25, 0.3) is 10.9 Å². The van der Waals surface area contributed by atoms with Crippen LogP contribution in [0.1, 0.15) is 17.3 Å². The van der Waals surface area contributed by atoms with Crippen molar-refractivity contribution in [2.75, 3.05) is 16.2 Å². The third kappa shape index (κ3) is 4.27. The zero-order valence-corrected chi connectivity index (χ0v) is 17.7. The molecule has 0 aliphatic heterocycles. The maximum Gasteiger partial charge on any atom is 0.264 e. The number of amides is 1. The molecule has 0 fully saturated rings. The lowest BCUT2D eigenvalue weighted by molar-refractivity contribution is 0.102. The Labute approximate surface area is 181 Å². The highest BCUT2D eigenvalue weighted by Gasteiger charge is 2.24. The van der Waals surface area contributed by atoms with E-state index in [1.807, 2.05) is 36.4 Å². The van der Waals surface area contributed by atoms with Crippen molar-refractivity contribution in [3.05, 3.63) is 96.6 Å². The van der Waals surface area contributed by atoms with E-state index in [0.29, 0.717) is 11.5 Å². The van der Waals surface area contributed by atoms with Crippen molar-refractivity contribution in [2.45, 2.75) is 11.8 Å². The number of carbonyl (C=O) groups excluding carboxylic acids is 1. The third-order valence-electron chi connectivity index (χ3n) is 4.86. The summed E-state index contributed by atoms with van der Waals surface area (Å²) in [6.07, 6.45) is 0. The van der Waals surface area contributed by atoms with Crippen LogP contribution in [0.5, 0.6) is 0 Å². The number of fused-ring (bicyclic) bond motifs is 1. The highest BCUT2D eigenvalue weighted by atomic mass is 32.2. The third-order valence-corrected chi connectivity index (χ3v) is 6.75. The van der Waals surface area contributed by atoms with Gasteiger partial charge in [-0.05, 0) is 55.5 Å². The van der Waals surface area contributed by atoms with Crippen molar-refractivity contribution in [1.29, 1.82) is 0 Å². The molecule has 7 heteroatoms. The highest BCUT2D eigenvalue weighted by molar-refractivity contribution is 7.92. The van der Waals surface area contributed by atoms with Gasteiger partial charge in [0.15, 0.2) is 0 Å². The maximum atomic E-state index is 13.2. The van der Waals surface area contributed by atoms with Crippen LogP contribution < -0.4 is 9.62 Å². The summed E-state index contributed by atoms with van der Waals surface area (Å²) in [5, 5.41) is 3.71. The van der Waals surface area contributed by atoms with Gasteiger partial charge in [0.2, 0.25) is 0 Å². The lowest BCUT2D eigenvalue weighted by atomic mass is 10.2. The van der Waals surface area contributed by atoms with Gasteiger partial charge in [0.05, 0.1) is 16.1 Å². The van der Waals surface area contributed by atoms with Gasteiger partial charge in [0.1, 0.15) is 5.82 Å². The zero-order chi connectivity index (χ0) is 21.8. The Morgan fingerprint density at radius 2 is 1.65 bits per heavy atom. The fourth-order valence-electron chi connectivity index (χ4n) is 3.33. The normalized spacial score (nSPS) is 11.3. The van der Waals surface area contributed by atoms with Crippen LogP contribution in [0.3, 0.4) is 0 Å². The SMILES string of the molecule is CCN(c1ccccc1)S(=O)(=O)c1cccc(C(=O)Nc2ccc3ccccc3n2)c1. The van der Waals surface area contributed by atoms with E-state index in [0.717, 1.165) is 10.9 Å². The van der Waals surface area contributed by atoms with Gasteiger partial charge in [0.25, 0.3) is 15.9 Å². The molecule has 6 nitrogen and oxygen atoms in total. The summed E-state index contributed by atoms with van der Waals surface area (Å²) in [6.45, 7) is 2.04. The van der Waals surface area contributed by atoms with Gasteiger partial charge >= 0.3 is 0 Å². The van der Waals surface area contributed by atoms with E-state index in [1.165, 1.54) is 16.4 Å². The Morgan fingerprint density at radius 3 is 2.42 bits per heavy atom. The van der Waals surface area contributed by atoms with E-state index in [9.17, 15) is 13.2 Å². The molecule has 0 aliphatic carbocycles. The molecule has 0 saturated heterocycles. The van der Waals surface area contributed by atoms with Crippen molar-refractivity contribution in [3.63, 3.8) is 0 Å². The first kappa shape index (κ1) is 20.6. The quantitative estimate of drug-likeness (QED) is 0.480. The first-order valence-corrected chi connectivity index (χ1v) is 11.3. The molecule has 0 spiro atoms. The number of rotatable bonds is 6. The number of benzene rings is 3. The Morgan fingerprint density at radius 1 is 0.903 bits per heavy atom.